The van der Waals surface area contributed by atoms with Gasteiger partial charge in [-0.2, -0.15) is 0 Å². The van der Waals surface area contributed by atoms with E-state index in [1.807, 2.05) is 18.2 Å². The first-order chi connectivity index (χ1) is 9.25. The largest absolute Gasteiger partial charge is 0.493 e. The van der Waals surface area contributed by atoms with Gasteiger partial charge in [0, 0.05) is 12.8 Å². The number of ether oxygens (including phenoxy) is 1. The van der Waals surface area contributed by atoms with Gasteiger partial charge >= 0.3 is 0 Å². The molecular formula is C16H21ClO2. The predicted molar refractivity (Wildman–Crippen MR) is 77.7 cm³/mol. The zero-order valence-corrected chi connectivity index (χ0v) is 12.0. The van der Waals surface area contributed by atoms with Crippen LogP contribution in [0.25, 0.3) is 0 Å². The summed E-state index contributed by atoms with van der Waals surface area (Å²) in [6.07, 6.45) is 7.99. The Morgan fingerprint density at radius 3 is 2.68 bits per heavy atom. The molecule has 1 heterocycles. The van der Waals surface area contributed by atoms with Crippen LogP contribution in [0.2, 0.25) is 0 Å². The molecular weight excluding hydrogens is 260 g/mol. The Hall–Kier alpha value is -1.02. The fourth-order valence-corrected chi connectivity index (χ4v) is 2.85. The van der Waals surface area contributed by atoms with E-state index in [0.29, 0.717) is 6.42 Å². The van der Waals surface area contributed by atoms with Gasteiger partial charge in [-0.15, -0.1) is 0 Å². The standard InChI is InChI=1S/C8H13ClO.C8H8O/c9-8(10)6-5-7-3-1-2-4-7;1-2-4-8-7(3-1)5-6-9-8/h7H,1-6H2;1-4H,5-6H2. The van der Waals surface area contributed by atoms with Gasteiger partial charge in [0.1, 0.15) is 5.75 Å². The van der Waals surface area contributed by atoms with Crippen molar-refractivity contribution in [2.75, 3.05) is 6.61 Å². The molecule has 2 aliphatic rings. The monoisotopic (exact) mass is 280 g/mol. The minimum Gasteiger partial charge on any atom is -0.493 e. The van der Waals surface area contributed by atoms with Crippen molar-refractivity contribution in [1.82, 2.24) is 0 Å². The number of rotatable bonds is 3. The summed E-state index contributed by atoms with van der Waals surface area (Å²) in [5, 5.41) is -0.174. The number of hydrogen-bond donors (Lipinski definition) is 0. The Morgan fingerprint density at radius 1 is 1.26 bits per heavy atom. The van der Waals surface area contributed by atoms with Crippen molar-refractivity contribution in [3.8, 4) is 5.75 Å². The summed E-state index contributed by atoms with van der Waals surface area (Å²) in [5.74, 6) is 1.86. The molecule has 0 aromatic heterocycles. The van der Waals surface area contributed by atoms with E-state index in [9.17, 15) is 4.79 Å². The summed E-state index contributed by atoms with van der Waals surface area (Å²) in [5.41, 5.74) is 1.34. The molecule has 104 valence electrons. The number of para-hydroxylation sites is 1. The zero-order valence-electron chi connectivity index (χ0n) is 11.2. The van der Waals surface area contributed by atoms with Crippen LogP contribution in [0.4, 0.5) is 0 Å². The molecule has 1 saturated carbocycles. The molecule has 3 heteroatoms. The Morgan fingerprint density at radius 2 is 2.00 bits per heavy atom. The van der Waals surface area contributed by atoms with E-state index in [2.05, 4.69) is 6.07 Å². The van der Waals surface area contributed by atoms with Gasteiger partial charge in [-0.05, 0) is 35.6 Å². The van der Waals surface area contributed by atoms with Crippen LogP contribution in [0, 0.1) is 5.92 Å². The van der Waals surface area contributed by atoms with E-state index in [-0.39, 0.29) is 5.24 Å². The van der Waals surface area contributed by atoms with E-state index in [1.54, 1.807) is 0 Å². The quantitative estimate of drug-likeness (QED) is 0.770. The van der Waals surface area contributed by atoms with E-state index in [1.165, 1.54) is 31.2 Å². The average Bonchev–Trinajstić information content (AvgIpc) is 3.08. The summed E-state index contributed by atoms with van der Waals surface area (Å²) in [6.45, 7) is 0.860. The Bertz CT molecular complexity index is 388. The highest BCUT2D eigenvalue weighted by Crippen LogP contribution is 2.28. The normalized spacial score (nSPS) is 17.3. The maximum absolute atomic E-state index is 10.4. The summed E-state index contributed by atoms with van der Waals surface area (Å²) in [4.78, 5) is 10.4. The highest BCUT2D eigenvalue weighted by Gasteiger charge is 2.15. The third-order valence-corrected chi connectivity index (χ3v) is 4.01. The molecule has 0 radical (unpaired) electrons. The van der Waals surface area contributed by atoms with Crippen molar-refractivity contribution in [3.63, 3.8) is 0 Å². The van der Waals surface area contributed by atoms with Crippen molar-refractivity contribution in [2.24, 2.45) is 5.92 Å². The van der Waals surface area contributed by atoms with Crippen LogP contribution in [-0.2, 0) is 11.2 Å². The van der Waals surface area contributed by atoms with Crippen molar-refractivity contribution in [2.45, 2.75) is 44.9 Å². The molecule has 0 unspecified atom stereocenters. The molecule has 0 spiro atoms. The Labute approximate surface area is 120 Å². The maximum Gasteiger partial charge on any atom is 0.221 e. The van der Waals surface area contributed by atoms with Crippen molar-refractivity contribution >= 4 is 16.8 Å². The van der Waals surface area contributed by atoms with E-state index >= 15 is 0 Å². The third kappa shape index (κ3) is 4.87. The second-order valence-electron chi connectivity index (χ2n) is 5.25. The number of fused-ring (bicyclic) bond motifs is 1. The van der Waals surface area contributed by atoms with Gasteiger partial charge in [-0.1, -0.05) is 43.9 Å². The first-order valence-corrected chi connectivity index (χ1v) is 7.52. The lowest BCUT2D eigenvalue weighted by atomic mass is 10.0. The van der Waals surface area contributed by atoms with Crippen LogP contribution < -0.4 is 4.74 Å². The lowest BCUT2D eigenvalue weighted by molar-refractivity contribution is -0.111. The van der Waals surface area contributed by atoms with Gasteiger partial charge in [-0.3, -0.25) is 4.79 Å². The number of benzene rings is 1. The summed E-state index contributed by atoms with van der Waals surface area (Å²) in [6, 6.07) is 8.18. The summed E-state index contributed by atoms with van der Waals surface area (Å²) in [7, 11) is 0. The van der Waals surface area contributed by atoms with Gasteiger partial charge in [0.25, 0.3) is 0 Å². The van der Waals surface area contributed by atoms with E-state index in [4.69, 9.17) is 16.3 Å². The van der Waals surface area contributed by atoms with Crippen molar-refractivity contribution < 1.29 is 9.53 Å². The lowest BCUT2D eigenvalue weighted by Crippen LogP contribution is -1.95. The first kappa shape index (κ1) is 14.4. The highest BCUT2D eigenvalue weighted by atomic mass is 35.5. The van der Waals surface area contributed by atoms with Gasteiger partial charge in [0.05, 0.1) is 6.61 Å². The second kappa shape index (κ2) is 7.54. The molecule has 0 amide bonds. The van der Waals surface area contributed by atoms with Gasteiger partial charge in [0.15, 0.2) is 0 Å². The topological polar surface area (TPSA) is 26.3 Å². The highest BCUT2D eigenvalue weighted by molar-refractivity contribution is 6.63. The van der Waals surface area contributed by atoms with Gasteiger partial charge < -0.3 is 4.74 Å². The zero-order chi connectivity index (χ0) is 13.5. The molecule has 0 N–H and O–H groups in total. The number of carbonyl (C=O) groups excluding carboxylic acids is 1. The Balaban J connectivity index is 0.000000141. The molecule has 2 nitrogen and oxygen atoms in total. The molecule has 1 aromatic carbocycles. The average molecular weight is 281 g/mol. The molecule has 0 bridgehead atoms. The first-order valence-electron chi connectivity index (χ1n) is 7.15. The smallest absolute Gasteiger partial charge is 0.221 e. The third-order valence-electron chi connectivity index (χ3n) is 3.83. The number of carbonyl (C=O) groups is 1. The molecule has 19 heavy (non-hydrogen) atoms. The summed E-state index contributed by atoms with van der Waals surface area (Å²) < 4.78 is 5.30. The summed E-state index contributed by atoms with van der Waals surface area (Å²) >= 11 is 5.22. The molecule has 1 fully saturated rings. The molecule has 0 saturated heterocycles. The SMILES string of the molecule is O=C(Cl)CCC1CCCC1.c1ccc2c(c1)CCO2. The van der Waals surface area contributed by atoms with Crippen LogP contribution in [-0.4, -0.2) is 11.8 Å². The molecule has 1 aliphatic heterocycles. The maximum atomic E-state index is 10.4. The number of halogens is 1. The predicted octanol–water partition coefficient (Wildman–Crippen LogP) is 4.34. The van der Waals surface area contributed by atoms with Crippen molar-refractivity contribution in [1.29, 1.82) is 0 Å². The van der Waals surface area contributed by atoms with Crippen molar-refractivity contribution in [3.05, 3.63) is 29.8 Å². The molecule has 3 rings (SSSR count). The van der Waals surface area contributed by atoms with Crippen LogP contribution in [0.15, 0.2) is 24.3 Å². The second-order valence-corrected chi connectivity index (χ2v) is 5.67. The van der Waals surface area contributed by atoms with Crippen LogP contribution >= 0.6 is 11.6 Å². The van der Waals surface area contributed by atoms with Gasteiger partial charge in [0.2, 0.25) is 5.24 Å². The van der Waals surface area contributed by atoms with Crippen LogP contribution in [0.5, 0.6) is 5.75 Å². The van der Waals surface area contributed by atoms with Gasteiger partial charge in [-0.25, -0.2) is 0 Å². The Kier molecular flexibility index (Phi) is 5.71. The minimum atomic E-state index is -0.174. The fraction of sp³-hybridized carbons (Fsp3) is 0.562. The van der Waals surface area contributed by atoms with E-state index < -0.39 is 0 Å². The molecule has 0 atom stereocenters. The fourth-order valence-electron chi connectivity index (χ4n) is 2.74. The number of hydrogen-bond acceptors (Lipinski definition) is 2. The molecule has 1 aliphatic carbocycles. The lowest BCUT2D eigenvalue weighted by Gasteiger charge is -2.04. The minimum absolute atomic E-state index is 0.174. The van der Waals surface area contributed by atoms with Crippen LogP contribution in [0.1, 0.15) is 44.1 Å². The van der Waals surface area contributed by atoms with Crippen LogP contribution in [0.3, 0.4) is 0 Å². The van der Waals surface area contributed by atoms with E-state index in [0.717, 1.165) is 31.1 Å². The molecule has 1 aromatic rings.